The van der Waals surface area contributed by atoms with E-state index in [-0.39, 0.29) is 0 Å². The highest BCUT2D eigenvalue weighted by atomic mass is 35.5. The summed E-state index contributed by atoms with van der Waals surface area (Å²) in [7, 11) is 0. The van der Waals surface area contributed by atoms with Crippen molar-refractivity contribution < 1.29 is 0 Å². The predicted octanol–water partition coefficient (Wildman–Crippen LogP) is 2.09. The Morgan fingerprint density at radius 1 is 1.32 bits per heavy atom. The molecule has 1 N–H and O–H groups in total. The molecule has 19 heavy (non-hydrogen) atoms. The van der Waals surface area contributed by atoms with Crippen molar-refractivity contribution in [2.45, 2.75) is 25.7 Å². The number of rotatable bonds is 2. The Hall–Kier alpha value is -1.46. The van der Waals surface area contributed by atoms with Crippen molar-refractivity contribution in [3.05, 3.63) is 34.6 Å². The van der Waals surface area contributed by atoms with Gasteiger partial charge >= 0.3 is 0 Å². The largest absolute Gasteiger partial charge is 0.317 e. The topological polar surface area (TPSA) is 55.6 Å². The molecule has 1 aliphatic rings. The molecule has 0 unspecified atom stereocenters. The zero-order valence-electron chi connectivity index (χ0n) is 10.8. The highest BCUT2D eigenvalue weighted by Gasteiger charge is 2.22. The summed E-state index contributed by atoms with van der Waals surface area (Å²) in [6, 6.07) is 5.86. The van der Waals surface area contributed by atoms with Crippen LogP contribution in [0.1, 0.15) is 30.1 Å². The number of hydrogen-bond acceptors (Lipinski definition) is 4. The van der Waals surface area contributed by atoms with Gasteiger partial charge in [0.15, 0.2) is 5.82 Å². The number of hydrogen-bond donors (Lipinski definition) is 1. The predicted molar refractivity (Wildman–Crippen MR) is 73.7 cm³/mol. The van der Waals surface area contributed by atoms with Crippen LogP contribution in [0.2, 0.25) is 5.02 Å². The number of piperidine rings is 1. The van der Waals surface area contributed by atoms with Crippen LogP contribution >= 0.6 is 11.6 Å². The molecule has 3 rings (SSSR count). The number of aryl methyl sites for hydroxylation is 1. The minimum Gasteiger partial charge on any atom is -0.317 e. The lowest BCUT2D eigenvalue weighted by atomic mass is 9.97. The molecule has 1 aliphatic heterocycles. The minimum absolute atomic E-state index is 0.423. The second-order valence-electron chi connectivity index (χ2n) is 4.91. The molecule has 2 heterocycles. The standard InChI is InChI=1S/C13H16ClN5/c1-9-8-11(2-3-12(9)14)19-13(16-17-18-19)10-4-6-15-7-5-10/h2-3,8,10,15H,4-7H2,1H3. The lowest BCUT2D eigenvalue weighted by Crippen LogP contribution is -2.28. The summed E-state index contributed by atoms with van der Waals surface area (Å²) >= 11 is 6.06. The van der Waals surface area contributed by atoms with Crippen LogP contribution < -0.4 is 5.32 Å². The van der Waals surface area contributed by atoms with E-state index in [2.05, 4.69) is 20.8 Å². The monoisotopic (exact) mass is 277 g/mol. The van der Waals surface area contributed by atoms with Crippen LogP contribution in [0.3, 0.4) is 0 Å². The lowest BCUT2D eigenvalue weighted by molar-refractivity contribution is 0.438. The fraction of sp³-hybridized carbons (Fsp3) is 0.462. The number of aromatic nitrogens is 4. The molecule has 5 nitrogen and oxygen atoms in total. The summed E-state index contributed by atoms with van der Waals surface area (Å²) in [6.07, 6.45) is 2.15. The Kier molecular flexibility index (Phi) is 3.48. The third kappa shape index (κ3) is 2.48. The van der Waals surface area contributed by atoms with Crippen molar-refractivity contribution in [1.29, 1.82) is 0 Å². The van der Waals surface area contributed by atoms with Crippen LogP contribution in [0.5, 0.6) is 0 Å². The average Bonchev–Trinajstić information content (AvgIpc) is 2.92. The Labute approximate surface area is 117 Å². The lowest BCUT2D eigenvalue weighted by Gasteiger charge is -2.21. The second-order valence-corrected chi connectivity index (χ2v) is 5.31. The van der Waals surface area contributed by atoms with Crippen molar-refractivity contribution in [3.63, 3.8) is 0 Å². The quantitative estimate of drug-likeness (QED) is 0.913. The summed E-state index contributed by atoms with van der Waals surface area (Å²) in [6.45, 7) is 4.04. The van der Waals surface area contributed by atoms with Gasteiger partial charge in [-0.2, -0.15) is 4.68 Å². The van der Waals surface area contributed by atoms with Gasteiger partial charge in [0, 0.05) is 10.9 Å². The highest BCUT2D eigenvalue weighted by Crippen LogP contribution is 2.26. The first-order valence-electron chi connectivity index (χ1n) is 6.51. The first-order chi connectivity index (χ1) is 9.25. The van der Waals surface area contributed by atoms with Crippen molar-refractivity contribution in [3.8, 4) is 5.69 Å². The molecule has 0 aliphatic carbocycles. The molecule has 0 spiro atoms. The van der Waals surface area contributed by atoms with Gasteiger partial charge in [0.2, 0.25) is 0 Å². The van der Waals surface area contributed by atoms with Crippen LogP contribution in [-0.2, 0) is 0 Å². The number of benzene rings is 1. The maximum Gasteiger partial charge on any atom is 0.159 e. The van der Waals surface area contributed by atoms with Gasteiger partial charge in [0.05, 0.1) is 5.69 Å². The highest BCUT2D eigenvalue weighted by molar-refractivity contribution is 6.31. The van der Waals surface area contributed by atoms with E-state index < -0.39 is 0 Å². The van der Waals surface area contributed by atoms with Gasteiger partial charge in [0.25, 0.3) is 0 Å². The summed E-state index contributed by atoms with van der Waals surface area (Å²) in [5.41, 5.74) is 2.01. The fourth-order valence-electron chi connectivity index (χ4n) is 2.47. The molecule has 0 amide bonds. The van der Waals surface area contributed by atoms with E-state index in [1.165, 1.54) is 0 Å². The van der Waals surface area contributed by atoms with Crippen LogP contribution in [-0.4, -0.2) is 33.3 Å². The summed E-state index contributed by atoms with van der Waals surface area (Å²) < 4.78 is 1.83. The molecule has 0 radical (unpaired) electrons. The average molecular weight is 278 g/mol. The first-order valence-corrected chi connectivity index (χ1v) is 6.89. The Bertz CT molecular complexity index is 574. The third-order valence-electron chi connectivity index (χ3n) is 3.58. The van der Waals surface area contributed by atoms with Crippen molar-refractivity contribution in [1.82, 2.24) is 25.5 Å². The number of tetrazole rings is 1. The van der Waals surface area contributed by atoms with Gasteiger partial charge in [-0.3, -0.25) is 0 Å². The van der Waals surface area contributed by atoms with Crippen molar-refractivity contribution in [2.24, 2.45) is 0 Å². The Balaban J connectivity index is 1.96. The van der Waals surface area contributed by atoms with Gasteiger partial charge in [-0.25, -0.2) is 0 Å². The molecule has 2 aromatic rings. The normalized spacial score (nSPS) is 16.7. The van der Waals surface area contributed by atoms with E-state index in [4.69, 9.17) is 11.6 Å². The minimum atomic E-state index is 0.423. The van der Waals surface area contributed by atoms with E-state index >= 15 is 0 Å². The van der Waals surface area contributed by atoms with E-state index in [1.807, 2.05) is 29.8 Å². The van der Waals surface area contributed by atoms with E-state index in [0.717, 1.165) is 48.0 Å². The molecule has 0 bridgehead atoms. The van der Waals surface area contributed by atoms with Gasteiger partial charge in [0.1, 0.15) is 0 Å². The van der Waals surface area contributed by atoms with Crippen LogP contribution in [0, 0.1) is 6.92 Å². The molecule has 0 saturated carbocycles. The molecule has 1 fully saturated rings. The Morgan fingerprint density at radius 3 is 2.84 bits per heavy atom. The Morgan fingerprint density at radius 2 is 2.11 bits per heavy atom. The smallest absolute Gasteiger partial charge is 0.159 e. The zero-order chi connectivity index (χ0) is 13.2. The SMILES string of the molecule is Cc1cc(-n2nnnc2C2CCNCC2)ccc1Cl. The molecule has 1 aromatic carbocycles. The summed E-state index contributed by atoms with van der Waals surface area (Å²) in [5.74, 6) is 1.37. The summed E-state index contributed by atoms with van der Waals surface area (Å²) in [4.78, 5) is 0. The second kappa shape index (κ2) is 5.27. The van der Waals surface area contributed by atoms with Gasteiger partial charge in [-0.1, -0.05) is 11.6 Å². The number of nitrogens with zero attached hydrogens (tertiary/aromatic N) is 4. The van der Waals surface area contributed by atoms with Crippen LogP contribution in [0.4, 0.5) is 0 Å². The maximum absolute atomic E-state index is 6.06. The first kappa shape index (κ1) is 12.6. The van der Waals surface area contributed by atoms with Crippen molar-refractivity contribution >= 4 is 11.6 Å². The number of nitrogens with one attached hydrogen (secondary N) is 1. The van der Waals surface area contributed by atoms with Gasteiger partial charge in [-0.15, -0.1) is 5.10 Å². The van der Waals surface area contributed by atoms with Crippen molar-refractivity contribution in [2.75, 3.05) is 13.1 Å². The maximum atomic E-state index is 6.06. The van der Waals surface area contributed by atoms with Gasteiger partial charge < -0.3 is 5.32 Å². The van der Waals surface area contributed by atoms with E-state index in [1.54, 1.807) is 0 Å². The third-order valence-corrected chi connectivity index (χ3v) is 4.01. The van der Waals surface area contributed by atoms with E-state index in [9.17, 15) is 0 Å². The molecular weight excluding hydrogens is 262 g/mol. The molecule has 100 valence electrons. The molecule has 6 heteroatoms. The summed E-state index contributed by atoms with van der Waals surface area (Å²) in [5, 5.41) is 16.3. The number of halogens is 1. The zero-order valence-corrected chi connectivity index (χ0v) is 11.6. The molecule has 0 atom stereocenters. The van der Waals surface area contributed by atoms with Gasteiger partial charge in [-0.05, 0) is 67.0 Å². The molecule has 1 saturated heterocycles. The van der Waals surface area contributed by atoms with Crippen LogP contribution in [0.25, 0.3) is 5.69 Å². The fourth-order valence-corrected chi connectivity index (χ4v) is 2.59. The van der Waals surface area contributed by atoms with Crippen LogP contribution in [0.15, 0.2) is 18.2 Å². The molecule has 1 aromatic heterocycles. The van der Waals surface area contributed by atoms with E-state index in [0.29, 0.717) is 5.92 Å². The molecular formula is C13H16ClN5.